The monoisotopic (exact) mass is 306 g/mol. The average molecular weight is 306 g/mol. The maximum Gasteiger partial charge on any atom is 0.224 e. The molecule has 3 nitrogen and oxygen atoms in total. The van der Waals surface area contributed by atoms with Gasteiger partial charge in [0.25, 0.3) is 0 Å². The molecule has 1 atom stereocenters. The highest BCUT2D eigenvalue weighted by molar-refractivity contribution is 5.78. The van der Waals surface area contributed by atoms with Gasteiger partial charge < -0.3 is 10.2 Å². The molecule has 1 aliphatic rings. The van der Waals surface area contributed by atoms with E-state index in [9.17, 15) is 9.18 Å². The first kappa shape index (κ1) is 16.9. The molecule has 1 aliphatic heterocycles. The van der Waals surface area contributed by atoms with Gasteiger partial charge in [-0.3, -0.25) is 4.79 Å². The van der Waals surface area contributed by atoms with E-state index in [2.05, 4.69) is 17.1 Å². The van der Waals surface area contributed by atoms with Crippen LogP contribution in [-0.2, 0) is 11.2 Å². The third kappa shape index (κ3) is 5.41. The van der Waals surface area contributed by atoms with Crippen molar-refractivity contribution >= 4 is 5.91 Å². The number of benzene rings is 1. The zero-order chi connectivity index (χ0) is 15.8. The number of carbonyl (C=O) groups is 1. The molecule has 1 aromatic rings. The number of hydrogen-bond donors (Lipinski definition) is 1. The number of halogens is 1. The van der Waals surface area contributed by atoms with Crippen LogP contribution < -0.4 is 5.32 Å². The molecule has 1 heterocycles. The molecular weight excluding hydrogens is 279 g/mol. The minimum Gasteiger partial charge on any atom is -0.356 e. The molecule has 1 unspecified atom stereocenters. The van der Waals surface area contributed by atoms with Gasteiger partial charge in [-0.25, -0.2) is 4.39 Å². The minimum absolute atomic E-state index is 0.0114. The number of carbonyl (C=O) groups excluding carboxylic acids is 1. The Morgan fingerprint density at radius 2 is 2.09 bits per heavy atom. The van der Waals surface area contributed by atoms with E-state index in [0.717, 1.165) is 24.6 Å². The average Bonchev–Trinajstić information content (AvgIpc) is 2.54. The highest BCUT2D eigenvalue weighted by Crippen LogP contribution is 2.19. The number of hydrogen-bond acceptors (Lipinski definition) is 2. The van der Waals surface area contributed by atoms with E-state index in [1.807, 2.05) is 0 Å². The van der Waals surface area contributed by atoms with Gasteiger partial charge in [0.15, 0.2) is 0 Å². The first-order valence-electron chi connectivity index (χ1n) is 8.44. The Kier molecular flexibility index (Phi) is 6.84. The van der Waals surface area contributed by atoms with Gasteiger partial charge in [-0.05, 0) is 49.9 Å². The zero-order valence-corrected chi connectivity index (χ0v) is 13.5. The van der Waals surface area contributed by atoms with Gasteiger partial charge in [-0.15, -0.1) is 0 Å². The predicted molar refractivity (Wildman–Crippen MR) is 87.2 cm³/mol. The third-order valence-corrected chi connectivity index (χ3v) is 4.44. The van der Waals surface area contributed by atoms with Crippen molar-refractivity contribution < 1.29 is 9.18 Å². The summed E-state index contributed by atoms with van der Waals surface area (Å²) < 4.78 is 12.8. The summed E-state index contributed by atoms with van der Waals surface area (Å²) in [6.45, 7) is 5.23. The molecule has 0 saturated carbocycles. The highest BCUT2D eigenvalue weighted by atomic mass is 19.1. The van der Waals surface area contributed by atoms with Crippen LogP contribution in [0.2, 0.25) is 0 Å². The van der Waals surface area contributed by atoms with Gasteiger partial charge in [0.1, 0.15) is 5.82 Å². The fourth-order valence-corrected chi connectivity index (χ4v) is 3.18. The number of piperidine rings is 1. The number of amides is 1. The lowest BCUT2D eigenvalue weighted by Crippen LogP contribution is -2.40. The molecule has 2 rings (SSSR count). The summed E-state index contributed by atoms with van der Waals surface area (Å²) >= 11 is 0. The van der Waals surface area contributed by atoms with Gasteiger partial charge in [0, 0.05) is 19.1 Å². The van der Waals surface area contributed by atoms with Crippen LogP contribution in [0.3, 0.4) is 0 Å². The first-order valence-corrected chi connectivity index (χ1v) is 8.44. The lowest BCUT2D eigenvalue weighted by atomic mass is 10.00. The van der Waals surface area contributed by atoms with E-state index in [4.69, 9.17) is 0 Å². The lowest BCUT2D eigenvalue weighted by Gasteiger charge is -2.35. The molecule has 1 N–H and O–H groups in total. The largest absolute Gasteiger partial charge is 0.356 e. The van der Waals surface area contributed by atoms with Crippen LogP contribution in [0.4, 0.5) is 4.39 Å². The molecule has 1 saturated heterocycles. The molecule has 22 heavy (non-hydrogen) atoms. The third-order valence-electron chi connectivity index (χ3n) is 4.44. The number of likely N-dealkylation sites (tertiary alicyclic amines) is 1. The second-order valence-corrected chi connectivity index (χ2v) is 6.10. The normalized spacial score (nSPS) is 19.1. The van der Waals surface area contributed by atoms with Crippen molar-refractivity contribution in [3.63, 3.8) is 0 Å². The summed E-state index contributed by atoms with van der Waals surface area (Å²) in [4.78, 5) is 14.4. The smallest absolute Gasteiger partial charge is 0.224 e. The van der Waals surface area contributed by atoms with Crippen molar-refractivity contribution in [2.75, 3.05) is 19.6 Å². The van der Waals surface area contributed by atoms with E-state index in [1.54, 1.807) is 12.1 Å². The Morgan fingerprint density at radius 3 is 2.82 bits per heavy atom. The molecule has 4 heteroatoms. The number of nitrogens with zero attached hydrogens (tertiary/aromatic N) is 1. The van der Waals surface area contributed by atoms with E-state index in [1.165, 1.54) is 44.4 Å². The van der Waals surface area contributed by atoms with Gasteiger partial charge in [-0.1, -0.05) is 25.5 Å². The van der Waals surface area contributed by atoms with Crippen molar-refractivity contribution in [3.8, 4) is 0 Å². The van der Waals surface area contributed by atoms with Crippen LogP contribution in [0.1, 0.15) is 44.6 Å². The summed E-state index contributed by atoms with van der Waals surface area (Å²) in [5.74, 6) is -0.256. The molecule has 0 spiro atoms. The predicted octanol–water partition coefficient (Wildman–Crippen LogP) is 3.14. The van der Waals surface area contributed by atoms with Crippen LogP contribution >= 0.6 is 0 Å². The SMILES string of the molecule is CCC1CCCCN1CCCNC(=O)Cc1ccc(F)cc1. The lowest BCUT2D eigenvalue weighted by molar-refractivity contribution is -0.120. The number of rotatable bonds is 7. The van der Waals surface area contributed by atoms with Crippen molar-refractivity contribution in [2.24, 2.45) is 0 Å². The fourth-order valence-electron chi connectivity index (χ4n) is 3.18. The van der Waals surface area contributed by atoms with Gasteiger partial charge >= 0.3 is 0 Å². The van der Waals surface area contributed by atoms with Crippen LogP contribution in [0.15, 0.2) is 24.3 Å². The molecule has 0 aliphatic carbocycles. The van der Waals surface area contributed by atoms with Crippen LogP contribution in [0, 0.1) is 5.82 Å². The van der Waals surface area contributed by atoms with Gasteiger partial charge in [-0.2, -0.15) is 0 Å². The molecule has 122 valence electrons. The minimum atomic E-state index is -0.267. The van der Waals surface area contributed by atoms with Crippen molar-refractivity contribution in [3.05, 3.63) is 35.6 Å². The molecular formula is C18H27FN2O. The van der Waals surface area contributed by atoms with Crippen molar-refractivity contribution in [1.82, 2.24) is 10.2 Å². The molecule has 1 amide bonds. The van der Waals surface area contributed by atoms with E-state index >= 15 is 0 Å². The zero-order valence-electron chi connectivity index (χ0n) is 13.5. The topological polar surface area (TPSA) is 32.3 Å². The summed E-state index contributed by atoms with van der Waals surface area (Å²) in [7, 11) is 0. The van der Waals surface area contributed by atoms with Gasteiger partial charge in [0.2, 0.25) is 5.91 Å². The molecule has 1 fully saturated rings. The maximum absolute atomic E-state index is 12.8. The number of nitrogens with one attached hydrogen (secondary N) is 1. The second kappa shape index (κ2) is 8.89. The maximum atomic E-state index is 12.8. The summed E-state index contributed by atoms with van der Waals surface area (Å²) in [6, 6.07) is 6.83. The highest BCUT2D eigenvalue weighted by Gasteiger charge is 2.19. The summed E-state index contributed by atoms with van der Waals surface area (Å²) in [5, 5.41) is 2.96. The Balaban J connectivity index is 1.63. The first-order chi connectivity index (χ1) is 10.7. The van der Waals surface area contributed by atoms with Crippen LogP contribution in [-0.4, -0.2) is 36.5 Å². The summed E-state index contributed by atoms with van der Waals surface area (Å²) in [5.41, 5.74) is 0.848. The van der Waals surface area contributed by atoms with E-state index < -0.39 is 0 Å². The van der Waals surface area contributed by atoms with E-state index in [-0.39, 0.29) is 11.7 Å². The molecule has 0 radical (unpaired) electrons. The van der Waals surface area contributed by atoms with Gasteiger partial charge in [0.05, 0.1) is 6.42 Å². The van der Waals surface area contributed by atoms with Crippen LogP contribution in [0.5, 0.6) is 0 Å². The van der Waals surface area contributed by atoms with Crippen LogP contribution in [0.25, 0.3) is 0 Å². The molecule has 1 aromatic carbocycles. The molecule has 0 bridgehead atoms. The van der Waals surface area contributed by atoms with Crippen molar-refractivity contribution in [1.29, 1.82) is 0 Å². The standard InChI is InChI=1S/C18H27FN2O/c1-2-17-6-3-4-12-21(17)13-5-11-20-18(22)14-15-7-9-16(19)10-8-15/h7-10,17H,2-6,11-14H2,1H3,(H,20,22). The Labute approximate surface area is 132 Å². The quantitative estimate of drug-likeness (QED) is 0.785. The second-order valence-electron chi connectivity index (χ2n) is 6.10. The van der Waals surface area contributed by atoms with E-state index in [0.29, 0.717) is 13.0 Å². The summed E-state index contributed by atoms with van der Waals surface area (Å²) in [6.07, 6.45) is 6.49. The Bertz CT molecular complexity index is 461. The van der Waals surface area contributed by atoms with Crippen molar-refractivity contribution in [2.45, 2.75) is 51.5 Å². The molecule has 0 aromatic heterocycles. The Hall–Kier alpha value is -1.42. The Morgan fingerprint density at radius 1 is 1.32 bits per heavy atom. The fraction of sp³-hybridized carbons (Fsp3) is 0.611.